The number of nitrogens with zero attached hydrogens (tertiary/aromatic N) is 5. The van der Waals surface area contributed by atoms with Crippen molar-refractivity contribution in [1.29, 1.82) is 0 Å². The third-order valence-corrected chi connectivity index (χ3v) is 4.04. The van der Waals surface area contributed by atoms with Crippen LogP contribution in [-0.4, -0.2) is 25.1 Å². The summed E-state index contributed by atoms with van der Waals surface area (Å²) < 4.78 is 6.96. The van der Waals surface area contributed by atoms with Crippen molar-refractivity contribution in [2.75, 3.05) is 0 Å². The molecule has 0 unspecified atom stereocenters. The minimum atomic E-state index is 0.432. The van der Waals surface area contributed by atoms with Gasteiger partial charge in [-0.15, -0.1) is 16.4 Å². The molecule has 22 heavy (non-hydrogen) atoms. The topological polar surface area (TPSA) is 69.6 Å². The molecule has 3 aromatic heterocycles. The Bertz CT molecular complexity index is 892. The molecule has 108 valence electrons. The lowest BCUT2D eigenvalue weighted by molar-refractivity contribution is 0.433. The van der Waals surface area contributed by atoms with Crippen LogP contribution in [0, 0.1) is 6.92 Å². The van der Waals surface area contributed by atoms with Crippen LogP contribution in [0.5, 0.6) is 0 Å². The van der Waals surface area contributed by atoms with Crippen molar-refractivity contribution < 1.29 is 4.52 Å². The van der Waals surface area contributed by atoms with Gasteiger partial charge >= 0.3 is 0 Å². The van der Waals surface area contributed by atoms with Crippen molar-refractivity contribution in [3.63, 3.8) is 0 Å². The summed E-state index contributed by atoms with van der Waals surface area (Å²) in [7, 11) is 0. The summed E-state index contributed by atoms with van der Waals surface area (Å²) in [5.74, 6) is 0.927. The fourth-order valence-corrected chi connectivity index (χ4v) is 2.66. The zero-order valence-corrected chi connectivity index (χ0v) is 12.5. The van der Waals surface area contributed by atoms with E-state index in [9.17, 15) is 0 Å². The molecule has 3 heterocycles. The normalized spacial score (nSPS) is 11.0. The summed E-state index contributed by atoms with van der Waals surface area (Å²) >= 11 is 1.55. The molecule has 6 nitrogen and oxygen atoms in total. The van der Waals surface area contributed by atoms with E-state index >= 15 is 0 Å². The highest BCUT2D eigenvalue weighted by atomic mass is 32.1. The molecule has 0 spiro atoms. The predicted octanol–water partition coefficient (Wildman–Crippen LogP) is 3.35. The summed E-state index contributed by atoms with van der Waals surface area (Å²) in [6.07, 6.45) is 1.79. The van der Waals surface area contributed by atoms with Crippen molar-refractivity contribution >= 4 is 11.3 Å². The van der Waals surface area contributed by atoms with E-state index in [4.69, 9.17) is 4.52 Å². The Balaban J connectivity index is 1.65. The number of rotatable bonds is 3. The Labute approximate surface area is 130 Å². The SMILES string of the molecule is Cc1ccc(-n2cc(-c3noc(-c4cccs4)n3)nn2)cc1. The van der Waals surface area contributed by atoms with Crippen LogP contribution in [0.25, 0.3) is 28.0 Å². The van der Waals surface area contributed by atoms with Crippen molar-refractivity contribution in [3.05, 3.63) is 53.5 Å². The summed E-state index contributed by atoms with van der Waals surface area (Å²) in [5, 5.41) is 14.2. The second kappa shape index (κ2) is 5.19. The van der Waals surface area contributed by atoms with Gasteiger partial charge in [-0.3, -0.25) is 0 Å². The van der Waals surface area contributed by atoms with E-state index in [0.717, 1.165) is 10.6 Å². The molecule has 0 aliphatic carbocycles. The largest absolute Gasteiger partial charge is 0.333 e. The lowest BCUT2D eigenvalue weighted by atomic mass is 10.2. The van der Waals surface area contributed by atoms with Crippen molar-refractivity contribution in [1.82, 2.24) is 25.1 Å². The maximum Gasteiger partial charge on any atom is 0.268 e. The van der Waals surface area contributed by atoms with Gasteiger partial charge in [0.15, 0.2) is 5.69 Å². The van der Waals surface area contributed by atoms with Gasteiger partial charge in [0.25, 0.3) is 5.89 Å². The smallest absolute Gasteiger partial charge is 0.268 e. The van der Waals surface area contributed by atoms with Crippen molar-refractivity contribution in [2.45, 2.75) is 6.92 Å². The van der Waals surface area contributed by atoms with Gasteiger partial charge in [0.05, 0.1) is 16.8 Å². The van der Waals surface area contributed by atoms with Crippen molar-refractivity contribution in [2.24, 2.45) is 0 Å². The van der Waals surface area contributed by atoms with Crippen LogP contribution < -0.4 is 0 Å². The number of aromatic nitrogens is 5. The van der Waals surface area contributed by atoms with Gasteiger partial charge in [0.2, 0.25) is 5.82 Å². The van der Waals surface area contributed by atoms with E-state index in [1.54, 1.807) is 22.2 Å². The average molecular weight is 309 g/mol. The quantitative estimate of drug-likeness (QED) is 0.580. The molecule has 4 rings (SSSR count). The van der Waals surface area contributed by atoms with Gasteiger partial charge in [-0.1, -0.05) is 34.1 Å². The third-order valence-electron chi connectivity index (χ3n) is 3.18. The van der Waals surface area contributed by atoms with Gasteiger partial charge in [-0.2, -0.15) is 4.98 Å². The highest BCUT2D eigenvalue weighted by Crippen LogP contribution is 2.25. The van der Waals surface area contributed by atoms with Crippen LogP contribution in [0.3, 0.4) is 0 Å². The molecule has 1 aromatic carbocycles. The molecule has 4 aromatic rings. The highest BCUT2D eigenvalue weighted by Gasteiger charge is 2.14. The Hall–Kier alpha value is -2.80. The molecule has 0 amide bonds. The zero-order valence-electron chi connectivity index (χ0n) is 11.7. The Morgan fingerprint density at radius 3 is 2.77 bits per heavy atom. The second-order valence-electron chi connectivity index (χ2n) is 4.78. The third kappa shape index (κ3) is 2.31. The van der Waals surface area contributed by atoms with Gasteiger partial charge in [-0.25, -0.2) is 4.68 Å². The fourth-order valence-electron chi connectivity index (χ4n) is 2.02. The highest BCUT2D eigenvalue weighted by molar-refractivity contribution is 7.13. The minimum absolute atomic E-state index is 0.432. The maximum atomic E-state index is 5.27. The van der Waals surface area contributed by atoms with E-state index in [1.807, 2.05) is 48.7 Å². The van der Waals surface area contributed by atoms with E-state index in [1.165, 1.54) is 5.56 Å². The molecule has 0 saturated carbocycles. The summed E-state index contributed by atoms with van der Waals surface area (Å²) in [6, 6.07) is 11.9. The van der Waals surface area contributed by atoms with E-state index < -0.39 is 0 Å². The second-order valence-corrected chi connectivity index (χ2v) is 5.73. The maximum absolute atomic E-state index is 5.27. The molecule has 0 aliphatic rings. The Morgan fingerprint density at radius 2 is 2.00 bits per heavy atom. The number of benzene rings is 1. The number of hydrogen-bond acceptors (Lipinski definition) is 6. The monoisotopic (exact) mass is 309 g/mol. The minimum Gasteiger partial charge on any atom is -0.333 e. The number of hydrogen-bond donors (Lipinski definition) is 0. The van der Waals surface area contributed by atoms with E-state index in [2.05, 4.69) is 20.5 Å². The summed E-state index contributed by atoms with van der Waals surface area (Å²) in [5.41, 5.74) is 2.71. The summed E-state index contributed by atoms with van der Waals surface area (Å²) in [4.78, 5) is 5.30. The lowest BCUT2D eigenvalue weighted by Crippen LogP contribution is -1.94. The van der Waals surface area contributed by atoms with Crippen LogP contribution in [0.4, 0.5) is 0 Å². The lowest BCUT2D eigenvalue weighted by Gasteiger charge is -1.99. The molecular formula is C15H11N5OS. The van der Waals surface area contributed by atoms with Crippen LogP contribution in [0.15, 0.2) is 52.5 Å². The predicted molar refractivity (Wildman–Crippen MR) is 82.7 cm³/mol. The van der Waals surface area contributed by atoms with Crippen LogP contribution in [0.1, 0.15) is 5.56 Å². The molecule has 0 atom stereocenters. The molecule has 7 heteroatoms. The van der Waals surface area contributed by atoms with E-state index in [0.29, 0.717) is 17.4 Å². The first kappa shape index (κ1) is 12.9. The molecule has 0 N–H and O–H groups in total. The van der Waals surface area contributed by atoms with E-state index in [-0.39, 0.29) is 0 Å². The first-order chi connectivity index (χ1) is 10.8. The Kier molecular flexibility index (Phi) is 3.05. The average Bonchev–Trinajstić information content (AvgIpc) is 3.27. The van der Waals surface area contributed by atoms with Crippen LogP contribution >= 0.6 is 11.3 Å². The number of thiophene rings is 1. The molecule has 0 radical (unpaired) electrons. The van der Waals surface area contributed by atoms with Crippen LogP contribution in [0.2, 0.25) is 0 Å². The van der Waals surface area contributed by atoms with Gasteiger partial charge < -0.3 is 4.52 Å². The zero-order chi connectivity index (χ0) is 14.9. The van der Waals surface area contributed by atoms with Crippen LogP contribution in [-0.2, 0) is 0 Å². The fraction of sp³-hybridized carbons (Fsp3) is 0.0667. The first-order valence-corrected chi connectivity index (χ1v) is 7.55. The van der Waals surface area contributed by atoms with Gasteiger partial charge in [0.1, 0.15) is 0 Å². The standard InChI is InChI=1S/C15H11N5OS/c1-10-4-6-11(7-5-10)20-9-12(17-19-20)14-16-15(21-18-14)13-3-2-8-22-13/h2-9H,1H3. The summed E-state index contributed by atoms with van der Waals surface area (Å²) in [6.45, 7) is 2.04. The first-order valence-electron chi connectivity index (χ1n) is 6.67. The Morgan fingerprint density at radius 1 is 1.14 bits per heavy atom. The molecule has 0 bridgehead atoms. The van der Waals surface area contributed by atoms with Crippen molar-refractivity contribution in [3.8, 4) is 28.0 Å². The molecule has 0 aliphatic heterocycles. The molecule has 0 fully saturated rings. The van der Waals surface area contributed by atoms with Gasteiger partial charge in [-0.05, 0) is 30.5 Å². The van der Waals surface area contributed by atoms with Gasteiger partial charge in [0, 0.05) is 0 Å². The number of aryl methyl sites for hydroxylation is 1. The molecular weight excluding hydrogens is 298 g/mol. The molecule has 0 saturated heterocycles.